The van der Waals surface area contributed by atoms with Crippen molar-refractivity contribution in [2.45, 2.75) is 39.2 Å². The lowest BCUT2D eigenvalue weighted by molar-refractivity contribution is -0.160. The van der Waals surface area contributed by atoms with Gasteiger partial charge in [-0.05, 0) is 33.6 Å². The van der Waals surface area contributed by atoms with Crippen molar-refractivity contribution in [3.05, 3.63) is 18.3 Å². The summed E-state index contributed by atoms with van der Waals surface area (Å²) >= 11 is 0. The van der Waals surface area contributed by atoms with E-state index in [4.69, 9.17) is 4.74 Å². The zero-order valence-electron chi connectivity index (χ0n) is 12.1. The molecule has 1 aliphatic rings. The zero-order valence-corrected chi connectivity index (χ0v) is 12.1. The van der Waals surface area contributed by atoms with Crippen molar-refractivity contribution in [1.82, 2.24) is 9.97 Å². The molecule has 1 saturated heterocycles. The molecule has 110 valence electrons. The molecule has 1 aromatic heterocycles. The van der Waals surface area contributed by atoms with Crippen LogP contribution in [0.2, 0.25) is 0 Å². The Bertz CT molecular complexity index is 480. The highest BCUT2D eigenvalue weighted by molar-refractivity contribution is 5.73. The second-order valence-electron chi connectivity index (χ2n) is 5.99. The molecule has 0 N–H and O–H groups in total. The van der Waals surface area contributed by atoms with Gasteiger partial charge in [-0.3, -0.25) is 4.79 Å². The number of halogens is 1. The van der Waals surface area contributed by atoms with Gasteiger partial charge in [-0.2, -0.15) is 4.39 Å². The van der Waals surface area contributed by atoms with Gasteiger partial charge < -0.3 is 9.64 Å². The Kier molecular flexibility index (Phi) is 4.20. The summed E-state index contributed by atoms with van der Waals surface area (Å²) < 4.78 is 18.5. The number of anilines is 1. The number of hydrogen-bond donors (Lipinski definition) is 0. The van der Waals surface area contributed by atoms with Gasteiger partial charge in [0.1, 0.15) is 17.7 Å². The van der Waals surface area contributed by atoms with Crippen molar-refractivity contribution < 1.29 is 13.9 Å². The fourth-order valence-electron chi connectivity index (χ4n) is 2.23. The molecule has 0 unspecified atom stereocenters. The van der Waals surface area contributed by atoms with E-state index in [2.05, 4.69) is 9.97 Å². The summed E-state index contributed by atoms with van der Waals surface area (Å²) in [6, 6.07) is 1.31. The molecule has 1 fully saturated rings. The lowest BCUT2D eigenvalue weighted by Crippen LogP contribution is -2.39. The smallest absolute Gasteiger partial charge is 0.309 e. The van der Waals surface area contributed by atoms with E-state index in [9.17, 15) is 9.18 Å². The summed E-state index contributed by atoms with van der Waals surface area (Å²) in [6.07, 6.45) is 2.60. The molecule has 5 nitrogen and oxygen atoms in total. The van der Waals surface area contributed by atoms with Gasteiger partial charge in [0.25, 0.3) is 0 Å². The van der Waals surface area contributed by atoms with Crippen molar-refractivity contribution in [3.63, 3.8) is 0 Å². The Morgan fingerprint density at radius 1 is 1.35 bits per heavy atom. The average Bonchev–Trinajstić information content (AvgIpc) is 2.37. The molecular weight excluding hydrogens is 261 g/mol. The van der Waals surface area contributed by atoms with Crippen LogP contribution in [0.1, 0.15) is 33.6 Å². The van der Waals surface area contributed by atoms with Gasteiger partial charge in [0.15, 0.2) is 0 Å². The van der Waals surface area contributed by atoms with E-state index in [1.54, 1.807) is 0 Å². The second kappa shape index (κ2) is 5.73. The van der Waals surface area contributed by atoms with Crippen molar-refractivity contribution >= 4 is 11.8 Å². The van der Waals surface area contributed by atoms with Gasteiger partial charge in [-0.25, -0.2) is 9.97 Å². The largest absolute Gasteiger partial charge is 0.460 e. The number of ether oxygens (including phenoxy) is 1. The van der Waals surface area contributed by atoms with Gasteiger partial charge in [-0.15, -0.1) is 0 Å². The first-order valence-corrected chi connectivity index (χ1v) is 6.80. The maximum atomic E-state index is 13.1. The number of piperidine rings is 1. The fraction of sp³-hybridized carbons (Fsp3) is 0.643. The molecule has 0 amide bonds. The van der Waals surface area contributed by atoms with Gasteiger partial charge >= 0.3 is 5.97 Å². The molecule has 20 heavy (non-hydrogen) atoms. The Morgan fingerprint density at radius 3 is 2.55 bits per heavy atom. The van der Waals surface area contributed by atoms with E-state index in [0.29, 0.717) is 31.7 Å². The summed E-state index contributed by atoms with van der Waals surface area (Å²) in [4.78, 5) is 21.4. The van der Waals surface area contributed by atoms with Gasteiger partial charge in [-0.1, -0.05) is 0 Å². The number of nitrogens with zero attached hydrogens (tertiary/aromatic N) is 3. The molecule has 0 aliphatic carbocycles. The minimum absolute atomic E-state index is 0.0860. The van der Waals surface area contributed by atoms with Crippen molar-refractivity contribution in [3.8, 4) is 0 Å². The van der Waals surface area contributed by atoms with Gasteiger partial charge in [0.2, 0.25) is 5.95 Å². The van der Waals surface area contributed by atoms with Crippen molar-refractivity contribution in [2.75, 3.05) is 18.0 Å². The van der Waals surface area contributed by atoms with Crippen LogP contribution in [0.5, 0.6) is 0 Å². The Balaban J connectivity index is 1.91. The molecule has 0 spiro atoms. The molecule has 0 aromatic carbocycles. The highest BCUT2D eigenvalue weighted by Crippen LogP contribution is 2.24. The van der Waals surface area contributed by atoms with E-state index in [1.807, 2.05) is 25.7 Å². The predicted molar refractivity (Wildman–Crippen MR) is 72.8 cm³/mol. The Morgan fingerprint density at radius 2 is 2.00 bits per heavy atom. The molecule has 0 atom stereocenters. The fourth-order valence-corrected chi connectivity index (χ4v) is 2.23. The number of carbonyl (C=O) groups excluding carboxylic acids is 1. The second-order valence-corrected chi connectivity index (χ2v) is 5.99. The molecular formula is C14H20FN3O2. The number of rotatable bonds is 2. The van der Waals surface area contributed by atoms with Crippen molar-refractivity contribution in [2.24, 2.45) is 5.92 Å². The Hall–Kier alpha value is -1.72. The van der Waals surface area contributed by atoms with Crippen LogP contribution in [-0.4, -0.2) is 34.6 Å². The molecule has 6 heteroatoms. The quantitative estimate of drug-likeness (QED) is 0.614. The van der Waals surface area contributed by atoms with Gasteiger partial charge in [0, 0.05) is 19.2 Å². The van der Waals surface area contributed by atoms with E-state index in [1.165, 1.54) is 12.4 Å². The highest BCUT2D eigenvalue weighted by Gasteiger charge is 2.29. The van der Waals surface area contributed by atoms with Gasteiger partial charge in [0.05, 0.1) is 5.92 Å². The highest BCUT2D eigenvalue weighted by atomic mass is 19.1. The lowest BCUT2D eigenvalue weighted by Gasteiger charge is -2.33. The van der Waals surface area contributed by atoms with Crippen molar-refractivity contribution in [1.29, 1.82) is 0 Å². The normalized spacial score (nSPS) is 17.1. The number of esters is 1. The first kappa shape index (κ1) is 14.7. The molecule has 1 aromatic rings. The minimum atomic E-state index is -0.538. The van der Waals surface area contributed by atoms with Crippen LogP contribution in [0.25, 0.3) is 0 Å². The summed E-state index contributed by atoms with van der Waals surface area (Å²) in [5.41, 5.74) is -0.454. The SMILES string of the molecule is CC(C)(C)OC(=O)C1CCN(c2cc(F)ncn2)CC1. The van der Waals surface area contributed by atoms with Crippen LogP contribution < -0.4 is 4.90 Å². The molecule has 2 rings (SSSR count). The monoisotopic (exact) mass is 281 g/mol. The molecule has 0 saturated carbocycles. The number of hydrogen-bond acceptors (Lipinski definition) is 5. The summed E-state index contributed by atoms with van der Waals surface area (Å²) in [5, 5.41) is 0. The zero-order chi connectivity index (χ0) is 14.8. The van der Waals surface area contributed by atoms with Crippen LogP contribution in [0.4, 0.5) is 10.2 Å². The first-order chi connectivity index (χ1) is 9.35. The van der Waals surface area contributed by atoms with E-state index >= 15 is 0 Å². The third-order valence-corrected chi connectivity index (χ3v) is 3.18. The summed E-state index contributed by atoms with van der Waals surface area (Å²) in [6.45, 7) is 6.93. The molecule has 0 radical (unpaired) electrons. The molecule has 0 bridgehead atoms. The predicted octanol–water partition coefficient (Wildman–Crippen LogP) is 2.17. The summed E-state index contributed by atoms with van der Waals surface area (Å²) in [5.74, 6) is -0.201. The lowest BCUT2D eigenvalue weighted by atomic mass is 9.96. The van der Waals surface area contributed by atoms with Crippen LogP contribution in [0, 0.1) is 11.9 Å². The number of aromatic nitrogens is 2. The maximum Gasteiger partial charge on any atom is 0.309 e. The topological polar surface area (TPSA) is 55.3 Å². The third-order valence-electron chi connectivity index (χ3n) is 3.18. The van der Waals surface area contributed by atoms with Crippen LogP contribution in [-0.2, 0) is 9.53 Å². The van der Waals surface area contributed by atoms with E-state index < -0.39 is 11.5 Å². The summed E-state index contributed by atoms with van der Waals surface area (Å²) in [7, 11) is 0. The third kappa shape index (κ3) is 3.88. The molecule has 2 heterocycles. The standard InChI is InChI=1S/C14H20FN3O2/c1-14(2,3)20-13(19)10-4-6-18(7-5-10)12-8-11(15)16-9-17-12/h8-10H,4-7H2,1-3H3. The Labute approximate surface area is 118 Å². The first-order valence-electron chi connectivity index (χ1n) is 6.80. The van der Waals surface area contributed by atoms with Crippen LogP contribution in [0.15, 0.2) is 12.4 Å². The van der Waals surface area contributed by atoms with E-state index in [0.717, 1.165) is 0 Å². The van der Waals surface area contributed by atoms with Crippen LogP contribution >= 0.6 is 0 Å². The maximum absolute atomic E-state index is 13.1. The van der Waals surface area contributed by atoms with E-state index in [-0.39, 0.29) is 11.9 Å². The van der Waals surface area contributed by atoms with Crippen LogP contribution in [0.3, 0.4) is 0 Å². The minimum Gasteiger partial charge on any atom is -0.460 e. The number of carbonyl (C=O) groups is 1. The molecule has 1 aliphatic heterocycles. The average molecular weight is 281 g/mol.